The normalized spacial score (nSPS) is 9.64. The zero-order valence-electron chi connectivity index (χ0n) is 6.33. The molecule has 1 heterocycles. The summed E-state index contributed by atoms with van der Waals surface area (Å²) in [6.45, 7) is 5.51. The van der Waals surface area contributed by atoms with Crippen molar-refractivity contribution in [2.75, 3.05) is 0 Å². The zero-order chi connectivity index (χ0) is 8.43. The Kier molecular flexibility index (Phi) is 2.19. The number of nitrogens with zero attached hydrogens (tertiary/aromatic N) is 1. The Balaban J connectivity index is 3.20. The molecule has 0 bridgehead atoms. The molecule has 1 aromatic rings. The molecule has 0 spiro atoms. The second-order valence-electron chi connectivity index (χ2n) is 2.33. The van der Waals surface area contributed by atoms with Gasteiger partial charge in [-0.1, -0.05) is 6.58 Å². The minimum absolute atomic E-state index is 0.545. The molecule has 1 rings (SSSR count). The van der Waals surface area contributed by atoms with E-state index in [0.717, 1.165) is 11.3 Å². The highest BCUT2D eigenvalue weighted by Crippen LogP contribution is 2.13. The van der Waals surface area contributed by atoms with Crippen LogP contribution in [0, 0.1) is 6.92 Å². The number of nitrogens with two attached hydrogens (primary N) is 1. The van der Waals surface area contributed by atoms with Gasteiger partial charge in [-0.2, -0.15) is 0 Å². The predicted octanol–water partition coefficient (Wildman–Crippen LogP) is 1.61. The molecule has 0 aliphatic rings. The average molecular weight is 166 g/mol. The van der Waals surface area contributed by atoms with Crippen LogP contribution in [0.5, 0.6) is 0 Å². The van der Waals surface area contributed by atoms with Crippen LogP contribution in [0.25, 0.3) is 5.70 Å². The summed E-state index contributed by atoms with van der Waals surface area (Å²) >= 11 is 4.09. The van der Waals surface area contributed by atoms with Gasteiger partial charge in [0.05, 0.1) is 5.03 Å². The SMILES string of the molecule is C=C(N)c1ccc(S)nc1C. The fourth-order valence-corrected chi connectivity index (χ4v) is 1.11. The number of rotatable bonds is 1. The van der Waals surface area contributed by atoms with Gasteiger partial charge in [0, 0.05) is 17.0 Å². The molecule has 0 saturated heterocycles. The van der Waals surface area contributed by atoms with E-state index in [-0.39, 0.29) is 0 Å². The van der Waals surface area contributed by atoms with E-state index in [9.17, 15) is 0 Å². The van der Waals surface area contributed by atoms with Crippen molar-refractivity contribution in [2.24, 2.45) is 5.73 Å². The van der Waals surface area contributed by atoms with E-state index >= 15 is 0 Å². The summed E-state index contributed by atoms with van der Waals surface area (Å²) in [5, 5.41) is 0.701. The monoisotopic (exact) mass is 166 g/mol. The van der Waals surface area contributed by atoms with Gasteiger partial charge in [0.1, 0.15) is 0 Å². The van der Waals surface area contributed by atoms with Gasteiger partial charge in [-0.15, -0.1) is 12.6 Å². The maximum absolute atomic E-state index is 5.51. The molecule has 0 aliphatic carbocycles. The Morgan fingerprint density at radius 1 is 1.64 bits per heavy atom. The lowest BCUT2D eigenvalue weighted by molar-refractivity contribution is 1.06. The smallest absolute Gasteiger partial charge is 0.0933 e. The Bertz CT molecular complexity index is 294. The number of pyridine rings is 1. The molecule has 0 unspecified atom stereocenters. The third-order valence-electron chi connectivity index (χ3n) is 1.42. The highest BCUT2D eigenvalue weighted by Gasteiger charge is 1.99. The average Bonchev–Trinajstić information content (AvgIpc) is 1.85. The quantitative estimate of drug-likeness (QED) is 0.622. The molecule has 0 saturated carbocycles. The molecule has 11 heavy (non-hydrogen) atoms. The van der Waals surface area contributed by atoms with E-state index in [1.807, 2.05) is 13.0 Å². The highest BCUT2D eigenvalue weighted by atomic mass is 32.1. The van der Waals surface area contributed by atoms with E-state index < -0.39 is 0 Å². The molecule has 3 heteroatoms. The summed E-state index contributed by atoms with van der Waals surface area (Å²) < 4.78 is 0. The third kappa shape index (κ3) is 1.74. The molecule has 0 amide bonds. The van der Waals surface area contributed by atoms with Crippen molar-refractivity contribution in [3.05, 3.63) is 30.0 Å². The van der Waals surface area contributed by atoms with Crippen LogP contribution in [0.2, 0.25) is 0 Å². The largest absolute Gasteiger partial charge is 0.399 e. The summed E-state index contributed by atoms with van der Waals surface area (Å²) in [7, 11) is 0. The van der Waals surface area contributed by atoms with Crippen molar-refractivity contribution in [3.8, 4) is 0 Å². The molecule has 58 valence electrons. The van der Waals surface area contributed by atoms with Gasteiger partial charge in [0.2, 0.25) is 0 Å². The second-order valence-corrected chi connectivity index (χ2v) is 2.79. The maximum Gasteiger partial charge on any atom is 0.0933 e. The summed E-state index contributed by atoms with van der Waals surface area (Å²) in [6, 6.07) is 3.66. The Hall–Kier alpha value is -0.960. The first-order valence-electron chi connectivity index (χ1n) is 3.22. The number of hydrogen-bond donors (Lipinski definition) is 2. The molecule has 2 N–H and O–H groups in total. The summed E-state index contributed by atoms with van der Waals surface area (Å²) in [6.07, 6.45) is 0. The van der Waals surface area contributed by atoms with Crippen molar-refractivity contribution in [1.82, 2.24) is 4.98 Å². The topological polar surface area (TPSA) is 38.9 Å². The zero-order valence-corrected chi connectivity index (χ0v) is 7.23. The molecule has 0 radical (unpaired) electrons. The van der Waals surface area contributed by atoms with E-state index in [4.69, 9.17) is 5.73 Å². The molecule has 2 nitrogen and oxygen atoms in total. The van der Waals surface area contributed by atoms with E-state index in [1.165, 1.54) is 0 Å². The molecule has 0 aromatic carbocycles. The van der Waals surface area contributed by atoms with Gasteiger partial charge in [-0.25, -0.2) is 4.98 Å². The Morgan fingerprint density at radius 3 is 2.73 bits per heavy atom. The first kappa shape index (κ1) is 8.14. The van der Waals surface area contributed by atoms with Crippen molar-refractivity contribution < 1.29 is 0 Å². The first-order valence-corrected chi connectivity index (χ1v) is 3.67. The Morgan fingerprint density at radius 2 is 2.27 bits per heavy atom. The van der Waals surface area contributed by atoms with E-state index in [0.29, 0.717) is 10.7 Å². The van der Waals surface area contributed by atoms with Gasteiger partial charge < -0.3 is 5.73 Å². The number of aryl methyl sites for hydroxylation is 1. The Labute approximate surface area is 71.6 Å². The molecule has 0 fully saturated rings. The van der Waals surface area contributed by atoms with Crippen molar-refractivity contribution in [2.45, 2.75) is 11.9 Å². The summed E-state index contributed by atoms with van der Waals surface area (Å²) in [4.78, 5) is 4.12. The molecular weight excluding hydrogens is 156 g/mol. The van der Waals surface area contributed by atoms with Crippen LogP contribution in [0.4, 0.5) is 0 Å². The minimum atomic E-state index is 0.545. The van der Waals surface area contributed by atoms with Gasteiger partial charge in [0.15, 0.2) is 0 Å². The lowest BCUT2D eigenvalue weighted by Gasteiger charge is -2.03. The molecule has 1 aromatic heterocycles. The van der Waals surface area contributed by atoms with Gasteiger partial charge >= 0.3 is 0 Å². The van der Waals surface area contributed by atoms with Crippen LogP contribution >= 0.6 is 12.6 Å². The van der Waals surface area contributed by atoms with Crippen LogP contribution in [0.15, 0.2) is 23.7 Å². The number of aromatic nitrogens is 1. The van der Waals surface area contributed by atoms with Gasteiger partial charge in [0.25, 0.3) is 0 Å². The number of hydrogen-bond acceptors (Lipinski definition) is 3. The lowest BCUT2D eigenvalue weighted by Crippen LogP contribution is -1.98. The minimum Gasteiger partial charge on any atom is -0.399 e. The van der Waals surface area contributed by atoms with Gasteiger partial charge in [-0.05, 0) is 19.1 Å². The fourth-order valence-electron chi connectivity index (χ4n) is 0.887. The van der Waals surface area contributed by atoms with Crippen LogP contribution in [0.3, 0.4) is 0 Å². The fraction of sp³-hybridized carbons (Fsp3) is 0.125. The third-order valence-corrected chi connectivity index (χ3v) is 1.67. The molecule has 0 atom stereocenters. The lowest BCUT2D eigenvalue weighted by atomic mass is 10.2. The first-order chi connectivity index (χ1) is 5.11. The van der Waals surface area contributed by atoms with E-state index in [2.05, 4.69) is 24.2 Å². The van der Waals surface area contributed by atoms with Crippen LogP contribution in [-0.4, -0.2) is 4.98 Å². The standard InChI is InChI=1S/C8H10N2S/c1-5(9)7-3-4-8(11)10-6(7)2/h3-4H,1,9H2,2H3,(H,10,11). The maximum atomic E-state index is 5.51. The predicted molar refractivity (Wildman–Crippen MR) is 49.4 cm³/mol. The molecular formula is C8H10N2S. The summed E-state index contributed by atoms with van der Waals surface area (Å²) in [5.74, 6) is 0. The van der Waals surface area contributed by atoms with Crippen LogP contribution in [-0.2, 0) is 0 Å². The highest BCUT2D eigenvalue weighted by molar-refractivity contribution is 7.80. The van der Waals surface area contributed by atoms with Crippen molar-refractivity contribution >= 4 is 18.3 Å². The van der Waals surface area contributed by atoms with Gasteiger partial charge in [-0.3, -0.25) is 0 Å². The second kappa shape index (κ2) is 2.96. The van der Waals surface area contributed by atoms with E-state index in [1.54, 1.807) is 6.07 Å². The van der Waals surface area contributed by atoms with Crippen LogP contribution < -0.4 is 5.73 Å². The molecule has 0 aliphatic heterocycles. The van der Waals surface area contributed by atoms with Crippen molar-refractivity contribution in [3.63, 3.8) is 0 Å². The summed E-state index contributed by atoms with van der Waals surface area (Å²) in [5.41, 5.74) is 7.81. The van der Waals surface area contributed by atoms with Crippen molar-refractivity contribution in [1.29, 1.82) is 0 Å². The van der Waals surface area contributed by atoms with Crippen LogP contribution in [0.1, 0.15) is 11.3 Å². The number of thiol groups is 1.